The maximum absolute atomic E-state index is 13.6. The lowest BCUT2D eigenvalue weighted by molar-refractivity contribution is -0.151. The summed E-state index contributed by atoms with van der Waals surface area (Å²) in [4.78, 5) is 43.2. The molecule has 1 aromatic heterocycles. The molecule has 7 heteroatoms. The molecular weight excluding hydrogens is 418 g/mol. The van der Waals surface area contributed by atoms with Crippen molar-refractivity contribution < 1.29 is 19.5 Å². The van der Waals surface area contributed by atoms with Crippen molar-refractivity contribution >= 4 is 23.6 Å². The summed E-state index contributed by atoms with van der Waals surface area (Å²) in [5, 5.41) is 15.9. The third-order valence-electron chi connectivity index (χ3n) is 6.68. The van der Waals surface area contributed by atoms with Gasteiger partial charge in [0, 0.05) is 6.20 Å². The fourth-order valence-corrected chi connectivity index (χ4v) is 4.83. The van der Waals surface area contributed by atoms with E-state index in [2.05, 4.69) is 22.5 Å². The highest BCUT2D eigenvalue weighted by atomic mass is 16.4. The van der Waals surface area contributed by atoms with Gasteiger partial charge in [-0.3, -0.25) is 14.4 Å². The number of hydrogen-bond acceptors (Lipinski definition) is 4. The van der Waals surface area contributed by atoms with Gasteiger partial charge in [0.15, 0.2) is 0 Å². The van der Waals surface area contributed by atoms with E-state index >= 15 is 0 Å². The molecule has 0 radical (unpaired) electrons. The molecule has 0 aliphatic heterocycles. The summed E-state index contributed by atoms with van der Waals surface area (Å²) in [5.41, 5.74) is -0.574. The molecule has 1 aromatic rings. The van der Waals surface area contributed by atoms with E-state index in [0.717, 1.165) is 25.7 Å². The highest BCUT2D eigenvalue weighted by Gasteiger charge is 2.43. The van der Waals surface area contributed by atoms with Crippen molar-refractivity contribution in [2.24, 2.45) is 35.0 Å². The average Bonchev–Trinajstić information content (AvgIpc) is 2.72. The number of carboxylic acids is 1. The first-order valence-corrected chi connectivity index (χ1v) is 12.1. The lowest BCUT2D eigenvalue weighted by atomic mass is 9.69. The zero-order chi connectivity index (χ0) is 24.8. The number of carbonyl (C=O) groups excluding carboxylic acids is 2. The maximum atomic E-state index is 13.6. The maximum Gasteiger partial charge on any atom is 0.307 e. The molecule has 0 saturated heterocycles. The molecule has 0 spiro atoms. The van der Waals surface area contributed by atoms with Gasteiger partial charge in [-0.15, -0.1) is 0 Å². The summed E-state index contributed by atoms with van der Waals surface area (Å²) in [6.45, 7) is 11.8. The van der Waals surface area contributed by atoms with Crippen LogP contribution in [-0.2, 0) is 14.4 Å². The first kappa shape index (κ1) is 26.8. The van der Waals surface area contributed by atoms with Crippen molar-refractivity contribution in [3.63, 3.8) is 0 Å². The molecule has 1 heterocycles. The van der Waals surface area contributed by atoms with Crippen LogP contribution >= 0.6 is 0 Å². The van der Waals surface area contributed by atoms with E-state index in [-0.39, 0.29) is 23.7 Å². The topological polar surface area (TPSA) is 108 Å². The lowest BCUT2D eigenvalue weighted by Gasteiger charge is -2.37. The normalized spacial score (nSPS) is 21.7. The Balaban J connectivity index is 2.27. The lowest BCUT2D eigenvalue weighted by Crippen LogP contribution is -2.54. The monoisotopic (exact) mass is 459 g/mol. The summed E-state index contributed by atoms with van der Waals surface area (Å²) in [6, 6.07) is 4.38. The van der Waals surface area contributed by atoms with E-state index < -0.39 is 29.3 Å². The number of nitrogens with one attached hydrogen (secondary N) is 2. The zero-order valence-electron chi connectivity index (χ0n) is 20.9. The van der Waals surface area contributed by atoms with Crippen LogP contribution in [0.5, 0.6) is 0 Å². The Morgan fingerprint density at radius 3 is 2.21 bits per heavy atom. The van der Waals surface area contributed by atoms with Crippen LogP contribution in [0, 0.1) is 35.0 Å². The van der Waals surface area contributed by atoms with Gasteiger partial charge in [-0.2, -0.15) is 0 Å². The Kier molecular flexibility index (Phi) is 9.44. The number of rotatable bonds is 9. The first-order chi connectivity index (χ1) is 15.4. The number of nitrogens with zero attached hydrogens (tertiary/aromatic N) is 1. The first-order valence-electron chi connectivity index (χ1n) is 12.1. The zero-order valence-corrected chi connectivity index (χ0v) is 20.9. The predicted octanol–water partition coefficient (Wildman–Crippen LogP) is 4.74. The van der Waals surface area contributed by atoms with Gasteiger partial charge in [-0.1, -0.05) is 60.5 Å². The third kappa shape index (κ3) is 7.83. The van der Waals surface area contributed by atoms with Crippen molar-refractivity contribution in [2.75, 3.05) is 5.32 Å². The van der Waals surface area contributed by atoms with Crippen molar-refractivity contribution in [1.82, 2.24) is 10.3 Å². The second-order valence-electron chi connectivity index (χ2n) is 11.1. The SMILES string of the molecule is CC(C)CC(C(=O)NC(C(=O)Nc1ccccn1)C(C)(C)C)C(C(=O)O)C1CCC(C)CC1. The molecule has 2 rings (SSSR count). The molecule has 1 aliphatic rings. The van der Waals surface area contributed by atoms with Crippen LogP contribution < -0.4 is 10.6 Å². The summed E-state index contributed by atoms with van der Waals surface area (Å²) < 4.78 is 0. The molecule has 184 valence electrons. The molecule has 3 atom stereocenters. The summed E-state index contributed by atoms with van der Waals surface area (Å²) >= 11 is 0. The number of aromatic nitrogens is 1. The Morgan fingerprint density at radius 2 is 1.73 bits per heavy atom. The molecule has 3 N–H and O–H groups in total. The molecule has 7 nitrogen and oxygen atoms in total. The molecule has 1 aliphatic carbocycles. The molecule has 1 fully saturated rings. The summed E-state index contributed by atoms with van der Waals surface area (Å²) in [5.74, 6) is -1.95. The van der Waals surface area contributed by atoms with Gasteiger partial charge in [0.25, 0.3) is 0 Å². The van der Waals surface area contributed by atoms with E-state index in [1.807, 2.05) is 34.6 Å². The van der Waals surface area contributed by atoms with Gasteiger partial charge < -0.3 is 15.7 Å². The van der Waals surface area contributed by atoms with Crippen molar-refractivity contribution in [3.05, 3.63) is 24.4 Å². The van der Waals surface area contributed by atoms with Gasteiger partial charge in [0.2, 0.25) is 11.8 Å². The van der Waals surface area contributed by atoms with Crippen molar-refractivity contribution in [1.29, 1.82) is 0 Å². The fraction of sp³-hybridized carbons (Fsp3) is 0.692. The summed E-state index contributed by atoms with van der Waals surface area (Å²) in [7, 11) is 0. The smallest absolute Gasteiger partial charge is 0.307 e. The second kappa shape index (κ2) is 11.6. The van der Waals surface area contributed by atoms with Gasteiger partial charge in [-0.25, -0.2) is 4.98 Å². The van der Waals surface area contributed by atoms with Gasteiger partial charge in [0.05, 0.1) is 11.8 Å². The number of aliphatic carboxylic acids is 1. The minimum Gasteiger partial charge on any atom is -0.481 e. The number of anilines is 1. The Bertz CT molecular complexity index is 796. The molecule has 33 heavy (non-hydrogen) atoms. The Morgan fingerprint density at radius 1 is 1.09 bits per heavy atom. The van der Waals surface area contributed by atoms with Crippen LogP contribution in [0.3, 0.4) is 0 Å². The Hall–Kier alpha value is -2.44. The molecular formula is C26H41N3O4. The standard InChI is InChI=1S/C26H41N3O4/c1-16(2)15-19(21(25(32)33)18-12-10-17(3)11-13-18)23(30)29-22(26(4,5)6)24(31)28-20-9-7-8-14-27-20/h7-9,14,16-19,21-22H,10-13,15H2,1-6H3,(H,29,30)(H,32,33)(H,27,28,31). The van der Waals surface area contributed by atoms with E-state index in [1.54, 1.807) is 24.4 Å². The van der Waals surface area contributed by atoms with Crippen molar-refractivity contribution in [3.8, 4) is 0 Å². The highest BCUT2D eigenvalue weighted by Crippen LogP contribution is 2.39. The van der Waals surface area contributed by atoms with Crippen LogP contribution in [0.4, 0.5) is 5.82 Å². The van der Waals surface area contributed by atoms with Gasteiger partial charge in [0.1, 0.15) is 11.9 Å². The second-order valence-corrected chi connectivity index (χ2v) is 11.1. The minimum absolute atomic E-state index is 0.0244. The fourth-order valence-electron chi connectivity index (χ4n) is 4.83. The third-order valence-corrected chi connectivity index (χ3v) is 6.68. The summed E-state index contributed by atoms with van der Waals surface area (Å²) in [6.07, 6.45) is 5.67. The molecule has 0 bridgehead atoms. The van der Waals surface area contributed by atoms with Crippen LogP contribution in [-0.4, -0.2) is 33.9 Å². The number of hydrogen-bond donors (Lipinski definition) is 3. The number of pyridine rings is 1. The molecule has 0 aromatic carbocycles. The van der Waals surface area contributed by atoms with E-state index in [0.29, 0.717) is 18.2 Å². The van der Waals surface area contributed by atoms with Crippen molar-refractivity contribution in [2.45, 2.75) is 79.7 Å². The largest absolute Gasteiger partial charge is 0.481 e. The number of amides is 2. The highest BCUT2D eigenvalue weighted by molar-refractivity contribution is 5.97. The van der Waals surface area contributed by atoms with Gasteiger partial charge in [-0.05, 0) is 54.6 Å². The van der Waals surface area contributed by atoms with Crippen LogP contribution in [0.2, 0.25) is 0 Å². The quantitative estimate of drug-likeness (QED) is 0.494. The molecule has 2 amide bonds. The predicted molar refractivity (Wildman–Crippen MR) is 129 cm³/mol. The van der Waals surface area contributed by atoms with Crippen LogP contribution in [0.25, 0.3) is 0 Å². The van der Waals surface area contributed by atoms with E-state index in [9.17, 15) is 19.5 Å². The molecule has 1 saturated carbocycles. The number of carboxylic acid groups (broad SMARTS) is 1. The van der Waals surface area contributed by atoms with E-state index in [4.69, 9.17) is 0 Å². The Labute approximate surface area is 198 Å². The van der Waals surface area contributed by atoms with Gasteiger partial charge >= 0.3 is 5.97 Å². The number of carbonyl (C=O) groups is 3. The minimum atomic E-state index is -0.916. The molecule has 3 unspecified atom stereocenters. The van der Waals surface area contributed by atoms with E-state index in [1.165, 1.54) is 0 Å². The average molecular weight is 460 g/mol. The van der Waals surface area contributed by atoms with Crippen LogP contribution in [0.1, 0.15) is 73.6 Å². The van der Waals surface area contributed by atoms with Crippen LogP contribution in [0.15, 0.2) is 24.4 Å².